The summed E-state index contributed by atoms with van der Waals surface area (Å²) in [6, 6.07) is 12.2. The topological polar surface area (TPSA) is 81.6 Å². The van der Waals surface area contributed by atoms with Crippen LogP contribution in [0.1, 0.15) is 18.4 Å². The minimum atomic E-state index is -5.08. The molecule has 0 bridgehead atoms. The van der Waals surface area contributed by atoms with Gasteiger partial charge in [0.05, 0.1) is 5.52 Å². The fraction of sp³-hybridized carbons (Fsp3) is 0.375. The molecular formula is C24H23BrCl2F3N5O2. The van der Waals surface area contributed by atoms with E-state index in [0.29, 0.717) is 6.04 Å². The van der Waals surface area contributed by atoms with E-state index in [9.17, 15) is 13.2 Å². The van der Waals surface area contributed by atoms with Crippen molar-refractivity contribution in [1.82, 2.24) is 14.9 Å². The van der Waals surface area contributed by atoms with Crippen LogP contribution in [0, 0.1) is 0 Å². The van der Waals surface area contributed by atoms with Gasteiger partial charge in [-0.2, -0.15) is 13.2 Å². The maximum Gasteiger partial charge on any atom is 0.490 e. The molecular weight excluding hydrogens is 598 g/mol. The summed E-state index contributed by atoms with van der Waals surface area (Å²) in [5.74, 6) is -0.913. The highest BCUT2D eigenvalue weighted by molar-refractivity contribution is 9.10. The fourth-order valence-electron chi connectivity index (χ4n) is 3.80. The second-order valence-electron chi connectivity index (χ2n) is 8.72. The molecule has 3 aromatic rings. The Hall–Kier alpha value is -2.34. The third-order valence-corrected chi connectivity index (χ3v) is 7.11. The van der Waals surface area contributed by atoms with Gasteiger partial charge in [-0.05, 0) is 64.7 Å². The molecule has 1 saturated carbocycles. The van der Waals surface area contributed by atoms with E-state index in [1.807, 2.05) is 36.4 Å². The van der Waals surface area contributed by atoms with Gasteiger partial charge in [-0.15, -0.1) is 0 Å². The van der Waals surface area contributed by atoms with Crippen LogP contribution >= 0.6 is 39.1 Å². The summed E-state index contributed by atoms with van der Waals surface area (Å²) < 4.78 is 32.7. The molecule has 1 aliphatic heterocycles. The smallest absolute Gasteiger partial charge is 0.475 e. The van der Waals surface area contributed by atoms with Crippen LogP contribution in [0.2, 0.25) is 10.0 Å². The highest BCUT2D eigenvalue weighted by Crippen LogP contribution is 2.33. The van der Waals surface area contributed by atoms with Gasteiger partial charge >= 0.3 is 12.1 Å². The molecule has 0 spiro atoms. The van der Waals surface area contributed by atoms with Gasteiger partial charge in [0.2, 0.25) is 0 Å². The fourth-order valence-corrected chi connectivity index (χ4v) is 4.61. The highest BCUT2D eigenvalue weighted by atomic mass is 79.9. The summed E-state index contributed by atoms with van der Waals surface area (Å²) in [4.78, 5) is 23.6. The third kappa shape index (κ3) is 7.37. The van der Waals surface area contributed by atoms with Crippen molar-refractivity contribution in [2.24, 2.45) is 0 Å². The molecule has 2 heterocycles. The first-order valence-electron chi connectivity index (χ1n) is 11.5. The zero-order valence-electron chi connectivity index (χ0n) is 19.4. The predicted octanol–water partition coefficient (Wildman–Crippen LogP) is 6.23. The first-order valence-corrected chi connectivity index (χ1v) is 13.0. The largest absolute Gasteiger partial charge is 0.490 e. The highest BCUT2D eigenvalue weighted by Gasteiger charge is 2.38. The van der Waals surface area contributed by atoms with Crippen molar-refractivity contribution in [2.45, 2.75) is 31.6 Å². The van der Waals surface area contributed by atoms with Crippen molar-refractivity contribution in [3.63, 3.8) is 0 Å². The van der Waals surface area contributed by atoms with Crippen LogP contribution in [-0.4, -0.2) is 64.3 Å². The molecule has 1 aliphatic carbocycles. The third-order valence-electron chi connectivity index (χ3n) is 5.86. The number of fused-ring (bicyclic) bond motifs is 1. The van der Waals surface area contributed by atoms with Crippen LogP contribution in [0.4, 0.5) is 24.8 Å². The first-order chi connectivity index (χ1) is 17.5. The second kappa shape index (κ2) is 11.6. The molecule has 1 saturated heterocycles. The lowest BCUT2D eigenvalue weighted by molar-refractivity contribution is -0.192. The van der Waals surface area contributed by atoms with E-state index >= 15 is 0 Å². The Bertz CT molecular complexity index is 1290. The summed E-state index contributed by atoms with van der Waals surface area (Å²) in [6.07, 6.45) is -2.69. The number of hydrogen-bond donors (Lipinski definition) is 2. The van der Waals surface area contributed by atoms with E-state index in [-0.39, 0.29) is 0 Å². The average Bonchev–Trinajstić information content (AvgIpc) is 3.66. The Balaban J connectivity index is 0.000000405. The molecule has 5 rings (SSSR count). The van der Waals surface area contributed by atoms with Crippen molar-refractivity contribution >= 4 is 67.8 Å². The van der Waals surface area contributed by atoms with E-state index in [1.165, 1.54) is 12.8 Å². The SMILES string of the molecule is Clc1ccc(Cl)c(CN2CCN(c3nc4cccc(Br)c4nc3NC3CC3)CC2)c1.O=C(O)C(F)(F)F. The van der Waals surface area contributed by atoms with E-state index in [2.05, 4.69) is 31.0 Å². The number of nitrogens with zero attached hydrogens (tertiary/aromatic N) is 4. The Labute approximate surface area is 229 Å². The van der Waals surface area contributed by atoms with Crippen molar-refractivity contribution in [3.8, 4) is 0 Å². The molecule has 37 heavy (non-hydrogen) atoms. The summed E-state index contributed by atoms with van der Waals surface area (Å²) in [7, 11) is 0. The molecule has 0 unspecified atom stereocenters. The number of piperazine rings is 1. The maximum absolute atomic E-state index is 10.6. The molecule has 198 valence electrons. The standard InChI is InChI=1S/C22H22BrCl2N5.C2HF3O2/c23-17-2-1-3-19-20(17)28-21(26-16-5-6-16)22(27-19)30-10-8-29(9-11-30)13-14-12-15(24)4-7-18(14)25;3-2(4,5)1(6)7/h1-4,7,12,16H,5-6,8-11,13H2,(H,26,28);(H,6,7). The monoisotopic (exact) mass is 619 g/mol. The van der Waals surface area contributed by atoms with E-state index < -0.39 is 12.1 Å². The number of para-hydroxylation sites is 1. The lowest BCUT2D eigenvalue weighted by atomic mass is 10.2. The van der Waals surface area contributed by atoms with Gasteiger partial charge in [0, 0.05) is 53.3 Å². The summed E-state index contributed by atoms with van der Waals surface area (Å²) in [6.45, 7) is 4.46. The van der Waals surface area contributed by atoms with E-state index in [0.717, 1.165) is 75.5 Å². The number of benzene rings is 2. The van der Waals surface area contributed by atoms with Crippen molar-refractivity contribution in [1.29, 1.82) is 0 Å². The van der Waals surface area contributed by atoms with Gasteiger partial charge in [-0.1, -0.05) is 29.3 Å². The number of nitrogens with one attached hydrogen (secondary N) is 1. The normalized spacial score (nSPS) is 16.3. The predicted molar refractivity (Wildman–Crippen MR) is 142 cm³/mol. The van der Waals surface area contributed by atoms with E-state index in [1.54, 1.807) is 0 Å². The van der Waals surface area contributed by atoms with Crippen LogP contribution in [0.3, 0.4) is 0 Å². The second-order valence-corrected chi connectivity index (χ2v) is 10.4. The number of rotatable bonds is 5. The summed E-state index contributed by atoms with van der Waals surface area (Å²) >= 11 is 16.1. The van der Waals surface area contributed by atoms with Crippen LogP contribution in [0.5, 0.6) is 0 Å². The Morgan fingerprint density at radius 3 is 2.41 bits per heavy atom. The Kier molecular flexibility index (Phi) is 8.67. The summed E-state index contributed by atoms with van der Waals surface area (Å²) in [5, 5.41) is 12.2. The minimum absolute atomic E-state index is 0.518. The van der Waals surface area contributed by atoms with Crippen molar-refractivity contribution in [2.75, 3.05) is 36.4 Å². The van der Waals surface area contributed by atoms with Gasteiger partial charge in [-0.3, -0.25) is 4.90 Å². The molecule has 2 aromatic carbocycles. The minimum Gasteiger partial charge on any atom is -0.475 e. The number of hydrogen-bond acceptors (Lipinski definition) is 6. The number of carbonyl (C=O) groups is 1. The van der Waals surface area contributed by atoms with Crippen LogP contribution in [0.25, 0.3) is 11.0 Å². The molecule has 2 N–H and O–H groups in total. The molecule has 2 aliphatic rings. The number of halogens is 6. The number of alkyl halides is 3. The number of carboxylic acid groups (broad SMARTS) is 1. The van der Waals surface area contributed by atoms with Crippen LogP contribution in [0.15, 0.2) is 40.9 Å². The molecule has 0 radical (unpaired) electrons. The van der Waals surface area contributed by atoms with Gasteiger partial charge in [-0.25, -0.2) is 14.8 Å². The average molecular weight is 621 g/mol. The van der Waals surface area contributed by atoms with Gasteiger partial charge in [0.15, 0.2) is 11.6 Å². The quantitative estimate of drug-likeness (QED) is 0.350. The van der Waals surface area contributed by atoms with Crippen LogP contribution < -0.4 is 10.2 Å². The number of aromatic nitrogens is 2. The zero-order chi connectivity index (χ0) is 26.7. The molecule has 1 aromatic heterocycles. The molecule has 2 fully saturated rings. The lowest BCUT2D eigenvalue weighted by Crippen LogP contribution is -2.46. The zero-order valence-corrected chi connectivity index (χ0v) is 22.5. The van der Waals surface area contributed by atoms with Crippen LogP contribution in [-0.2, 0) is 11.3 Å². The van der Waals surface area contributed by atoms with Gasteiger partial charge < -0.3 is 15.3 Å². The first kappa shape index (κ1) is 27.7. The Morgan fingerprint density at radius 1 is 1.11 bits per heavy atom. The van der Waals surface area contributed by atoms with Crippen molar-refractivity contribution in [3.05, 3.63) is 56.5 Å². The maximum atomic E-state index is 10.6. The van der Waals surface area contributed by atoms with Crippen molar-refractivity contribution < 1.29 is 23.1 Å². The lowest BCUT2D eigenvalue weighted by Gasteiger charge is -2.36. The van der Waals surface area contributed by atoms with E-state index in [4.69, 9.17) is 43.1 Å². The summed E-state index contributed by atoms with van der Waals surface area (Å²) in [5.41, 5.74) is 2.89. The Morgan fingerprint density at radius 2 is 1.78 bits per heavy atom. The van der Waals surface area contributed by atoms with Gasteiger partial charge in [0.25, 0.3) is 0 Å². The molecule has 13 heteroatoms. The number of aliphatic carboxylic acids is 1. The number of carboxylic acids is 1. The van der Waals surface area contributed by atoms with Gasteiger partial charge in [0.1, 0.15) is 5.52 Å². The molecule has 0 atom stereocenters. The molecule has 7 nitrogen and oxygen atoms in total. The number of anilines is 2. The molecule has 0 amide bonds.